The number of aryl methyl sites for hydroxylation is 1. The third-order valence-corrected chi connectivity index (χ3v) is 3.31. The highest BCUT2D eigenvalue weighted by Gasteiger charge is 2.15. The summed E-state index contributed by atoms with van der Waals surface area (Å²) in [6.07, 6.45) is 1.68. The van der Waals surface area contributed by atoms with Gasteiger partial charge >= 0.3 is 0 Å². The van der Waals surface area contributed by atoms with Crippen LogP contribution >= 0.6 is 0 Å². The summed E-state index contributed by atoms with van der Waals surface area (Å²) in [6.45, 7) is 9.80. The summed E-state index contributed by atoms with van der Waals surface area (Å²) in [7, 11) is 0. The Morgan fingerprint density at radius 1 is 1.30 bits per heavy atom. The molecule has 0 aliphatic rings. The number of carbonyl (C=O) groups is 1. The maximum Gasteiger partial charge on any atom is 0.278 e. The average Bonchev–Trinajstić information content (AvgIpc) is 2.72. The van der Waals surface area contributed by atoms with Crippen LogP contribution in [0.1, 0.15) is 27.3 Å². The molecule has 1 aromatic carbocycles. The lowest BCUT2D eigenvalue weighted by atomic mass is 10.2. The molecule has 0 radical (unpaired) electrons. The first-order chi connectivity index (χ1) is 9.54. The molecule has 0 aliphatic heterocycles. The molecule has 2 rings (SSSR count). The molecule has 20 heavy (non-hydrogen) atoms. The lowest BCUT2D eigenvalue weighted by Crippen LogP contribution is -2.15. The van der Waals surface area contributed by atoms with Crippen molar-refractivity contribution in [2.75, 3.05) is 6.61 Å². The second-order valence-corrected chi connectivity index (χ2v) is 4.64. The summed E-state index contributed by atoms with van der Waals surface area (Å²) >= 11 is 0. The Morgan fingerprint density at radius 3 is 2.45 bits per heavy atom. The highest BCUT2D eigenvalue weighted by molar-refractivity contribution is 5.96. The molecule has 0 bridgehead atoms. The lowest BCUT2D eigenvalue weighted by Gasteiger charge is -2.06. The van der Waals surface area contributed by atoms with E-state index in [2.05, 4.69) is 11.7 Å². The van der Waals surface area contributed by atoms with Crippen molar-refractivity contribution in [3.05, 3.63) is 59.4 Å². The molecule has 0 saturated carbocycles. The number of carbonyl (C=O) groups excluding carboxylic acids is 1. The Bertz CT molecular complexity index is 639. The van der Waals surface area contributed by atoms with Crippen molar-refractivity contribution in [2.45, 2.75) is 20.8 Å². The van der Waals surface area contributed by atoms with Crippen molar-refractivity contribution in [3.63, 3.8) is 0 Å². The topological polar surface area (TPSA) is 44.1 Å². The maximum atomic E-state index is 12.4. The summed E-state index contributed by atoms with van der Waals surface area (Å²) in [4.78, 5) is 12.4. The Balaban J connectivity index is 2.24. The molecule has 0 saturated heterocycles. The quantitative estimate of drug-likeness (QED) is 0.802. The summed E-state index contributed by atoms with van der Waals surface area (Å²) in [6, 6.07) is 7.03. The van der Waals surface area contributed by atoms with Gasteiger partial charge in [0.1, 0.15) is 12.4 Å². The minimum atomic E-state index is -0.131. The minimum Gasteiger partial charge on any atom is -0.490 e. The van der Waals surface area contributed by atoms with Crippen LogP contribution in [0.4, 0.5) is 0 Å². The molecular weight excluding hydrogens is 252 g/mol. The normalized spacial score (nSPS) is 10.3. The van der Waals surface area contributed by atoms with Gasteiger partial charge in [0.2, 0.25) is 0 Å². The van der Waals surface area contributed by atoms with Gasteiger partial charge in [-0.1, -0.05) is 12.7 Å². The van der Waals surface area contributed by atoms with E-state index in [0.717, 1.165) is 17.0 Å². The Hall–Kier alpha value is -2.36. The highest BCUT2D eigenvalue weighted by atomic mass is 16.5. The standard InChI is InChI=1S/C16H18N2O2/c1-5-10-20-15-8-6-14(7-9-15)16(19)18-13(4)11(2)12(3)17-18/h5-9H,1,10H2,2-4H3. The molecular formula is C16H18N2O2. The first-order valence-corrected chi connectivity index (χ1v) is 6.46. The van der Waals surface area contributed by atoms with E-state index in [0.29, 0.717) is 17.9 Å². The summed E-state index contributed by atoms with van der Waals surface area (Å²) in [5.74, 6) is 0.583. The van der Waals surface area contributed by atoms with Crippen LogP contribution in [0, 0.1) is 20.8 Å². The monoisotopic (exact) mass is 270 g/mol. The second kappa shape index (κ2) is 5.74. The number of benzene rings is 1. The van der Waals surface area contributed by atoms with E-state index < -0.39 is 0 Å². The van der Waals surface area contributed by atoms with E-state index in [-0.39, 0.29) is 5.91 Å². The zero-order valence-corrected chi connectivity index (χ0v) is 12.0. The molecule has 0 aliphatic carbocycles. The van der Waals surface area contributed by atoms with Gasteiger partial charge in [-0.25, -0.2) is 4.68 Å². The maximum absolute atomic E-state index is 12.4. The van der Waals surface area contributed by atoms with E-state index in [1.54, 1.807) is 30.3 Å². The van der Waals surface area contributed by atoms with Crippen molar-refractivity contribution in [1.29, 1.82) is 0 Å². The molecule has 0 spiro atoms. The van der Waals surface area contributed by atoms with Gasteiger partial charge in [0.05, 0.1) is 5.69 Å². The number of hydrogen-bond donors (Lipinski definition) is 0. The summed E-state index contributed by atoms with van der Waals surface area (Å²) in [5.41, 5.74) is 3.38. The lowest BCUT2D eigenvalue weighted by molar-refractivity contribution is 0.0942. The highest BCUT2D eigenvalue weighted by Crippen LogP contribution is 2.16. The van der Waals surface area contributed by atoms with Gasteiger partial charge in [-0.3, -0.25) is 4.79 Å². The Kier molecular flexibility index (Phi) is 4.03. The van der Waals surface area contributed by atoms with E-state index in [9.17, 15) is 4.79 Å². The summed E-state index contributed by atoms with van der Waals surface area (Å²) in [5, 5.41) is 4.28. The van der Waals surface area contributed by atoms with Crippen molar-refractivity contribution in [3.8, 4) is 5.75 Å². The Morgan fingerprint density at radius 2 is 1.95 bits per heavy atom. The fourth-order valence-electron chi connectivity index (χ4n) is 1.89. The largest absolute Gasteiger partial charge is 0.490 e. The van der Waals surface area contributed by atoms with Crippen molar-refractivity contribution in [1.82, 2.24) is 9.78 Å². The van der Waals surface area contributed by atoms with E-state index in [1.165, 1.54) is 4.68 Å². The molecule has 2 aromatic rings. The van der Waals surface area contributed by atoms with Crippen LogP contribution in [0.15, 0.2) is 36.9 Å². The van der Waals surface area contributed by atoms with Gasteiger partial charge in [0.25, 0.3) is 5.91 Å². The number of rotatable bonds is 4. The van der Waals surface area contributed by atoms with Gasteiger partial charge < -0.3 is 4.74 Å². The number of aromatic nitrogens is 2. The van der Waals surface area contributed by atoms with Crippen LogP contribution in [0.3, 0.4) is 0 Å². The van der Waals surface area contributed by atoms with Gasteiger partial charge in [-0.15, -0.1) is 0 Å². The fraction of sp³-hybridized carbons (Fsp3) is 0.250. The van der Waals surface area contributed by atoms with Crippen molar-refractivity contribution < 1.29 is 9.53 Å². The van der Waals surface area contributed by atoms with Gasteiger partial charge in [0, 0.05) is 11.3 Å². The van der Waals surface area contributed by atoms with Crippen molar-refractivity contribution in [2.24, 2.45) is 0 Å². The van der Waals surface area contributed by atoms with Crippen LogP contribution in [0.25, 0.3) is 0 Å². The third-order valence-electron chi connectivity index (χ3n) is 3.31. The Labute approximate surface area is 118 Å². The summed E-state index contributed by atoms with van der Waals surface area (Å²) < 4.78 is 6.84. The molecule has 0 amide bonds. The number of hydrogen-bond acceptors (Lipinski definition) is 3. The molecule has 4 nitrogen and oxygen atoms in total. The van der Waals surface area contributed by atoms with Crippen LogP contribution in [0.5, 0.6) is 5.75 Å². The van der Waals surface area contributed by atoms with Gasteiger partial charge in [0.15, 0.2) is 0 Å². The van der Waals surface area contributed by atoms with E-state index in [1.807, 2.05) is 20.8 Å². The number of ether oxygens (including phenoxy) is 1. The molecule has 4 heteroatoms. The molecule has 1 aromatic heterocycles. The molecule has 104 valence electrons. The van der Waals surface area contributed by atoms with Crippen LogP contribution < -0.4 is 4.74 Å². The second-order valence-electron chi connectivity index (χ2n) is 4.64. The van der Waals surface area contributed by atoms with Gasteiger partial charge in [-0.2, -0.15) is 5.10 Å². The molecule has 0 atom stereocenters. The zero-order valence-electron chi connectivity index (χ0n) is 12.0. The third kappa shape index (κ3) is 2.64. The van der Waals surface area contributed by atoms with Crippen LogP contribution in [-0.4, -0.2) is 22.3 Å². The molecule has 1 heterocycles. The molecule has 0 fully saturated rings. The van der Waals surface area contributed by atoms with Crippen LogP contribution in [-0.2, 0) is 0 Å². The van der Waals surface area contributed by atoms with Crippen molar-refractivity contribution >= 4 is 5.91 Å². The molecule has 0 N–H and O–H groups in total. The first-order valence-electron chi connectivity index (χ1n) is 6.46. The average molecular weight is 270 g/mol. The minimum absolute atomic E-state index is 0.131. The smallest absolute Gasteiger partial charge is 0.278 e. The number of nitrogens with zero attached hydrogens (tertiary/aromatic N) is 2. The SMILES string of the molecule is C=CCOc1ccc(C(=O)n2nc(C)c(C)c2C)cc1. The first kappa shape index (κ1) is 14.1. The van der Waals surface area contributed by atoms with E-state index in [4.69, 9.17) is 4.74 Å². The van der Waals surface area contributed by atoms with Crippen LogP contribution in [0.2, 0.25) is 0 Å². The van der Waals surface area contributed by atoms with Gasteiger partial charge in [-0.05, 0) is 50.6 Å². The predicted molar refractivity (Wildman–Crippen MR) is 78.3 cm³/mol. The fourth-order valence-corrected chi connectivity index (χ4v) is 1.89. The molecule has 0 unspecified atom stereocenters. The zero-order chi connectivity index (χ0) is 14.7. The van der Waals surface area contributed by atoms with E-state index >= 15 is 0 Å². The predicted octanol–water partition coefficient (Wildman–Crippen LogP) is 3.06.